The number of ether oxygens (including phenoxy) is 1. The minimum atomic E-state index is -0.872. The van der Waals surface area contributed by atoms with Crippen molar-refractivity contribution >= 4 is 17.7 Å². The highest BCUT2D eigenvalue weighted by Gasteiger charge is 2.55. The molecule has 184 valence electrons. The Labute approximate surface area is 206 Å². The third-order valence-corrected chi connectivity index (χ3v) is 7.65. The van der Waals surface area contributed by atoms with Crippen LogP contribution in [0.25, 0.3) is 0 Å². The Balaban J connectivity index is 1.37. The van der Waals surface area contributed by atoms with Gasteiger partial charge < -0.3 is 14.5 Å². The highest BCUT2D eigenvalue weighted by atomic mass is 16.5. The van der Waals surface area contributed by atoms with E-state index in [1.807, 2.05) is 71.3 Å². The van der Waals surface area contributed by atoms with Gasteiger partial charge in [0.2, 0.25) is 11.8 Å². The molecule has 2 aromatic carbocycles. The standard InChI is InChI=1S/C28H33N3O4/c1-21-9-5-6-12-23(21)26(33)31-24(27(34)30-15-7-8-16-30)20-35-28(31)13-17-29(18-14-28)25(32)19-22-10-3-2-4-11-22/h2-6,9-12,24H,7-8,13-20H2,1H3/t24-/m1/s1. The van der Waals surface area contributed by atoms with Crippen molar-refractivity contribution in [2.45, 2.75) is 50.8 Å². The number of carbonyl (C=O) groups is 3. The summed E-state index contributed by atoms with van der Waals surface area (Å²) in [7, 11) is 0. The summed E-state index contributed by atoms with van der Waals surface area (Å²) in [6.07, 6.45) is 3.34. The second-order valence-electron chi connectivity index (χ2n) is 9.84. The van der Waals surface area contributed by atoms with E-state index in [4.69, 9.17) is 4.74 Å². The maximum atomic E-state index is 13.9. The lowest BCUT2D eigenvalue weighted by Gasteiger charge is -2.45. The molecule has 3 heterocycles. The lowest BCUT2D eigenvalue weighted by Crippen LogP contribution is -2.60. The average Bonchev–Trinajstić information content (AvgIpc) is 3.54. The van der Waals surface area contributed by atoms with Gasteiger partial charge in [-0.2, -0.15) is 0 Å². The molecule has 3 fully saturated rings. The number of likely N-dealkylation sites (tertiary alicyclic amines) is 2. The second kappa shape index (κ2) is 9.82. The summed E-state index contributed by atoms with van der Waals surface area (Å²) in [5.74, 6) is -0.114. The van der Waals surface area contributed by atoms with Crippen LogP contribution in [0.15, 0.2) is 54.6 Å². The Hall–Kier alpha value is -3.19. The molecule has 0 aromatic heterocycles. The topological polar surface area (TPSA) is 70.2 Å². The fourth-order valence-electron chi connectivity index (χ4n) is 5.63. The molecule has 3 aliphatic rings. The van der Waals surface area contributed by atoms with E-state index in [0.29, 0.717) is 37.9 Å². The summed E-state index contributed by atoms with van der Waals surface area (Å²) in [6.45, 7) is 4.57. The predicted molar refractivity (Wildman–Crippen MR) is 132 cm³/mol. The Morgan fingerprint density at radius 3 is 2.23 bits per heavy atom. The van der Waals surface area contributed by atoms with Gasteiger partial charge in [-0.05, 0) is 37.0 Å². The minimum Gasteiger partial charge on any atom is -0.353 e. The number of rotatable bonds is 4. The average molecular weight is 476 g/mol. The van der Waals surface area contributed by atoms with Crippen LogP contribution in [0.1, 0.15) is 47.2 Å². The van der Waals surface area contributed by atoms with E-state index in [-0.39, 0.29) is 24.3 Å². The number of amides is 3. The molecule has 5 rings (SSSR count). The van der Waals surface area contributed by atoms with Gasteiger partial charge in [-0.1, -0.05) is 48.5 Å². The van der Waals surface area contributed by atoms with E-state index in [0.717, 1.165) is 37.1 Å². The summed E-state index contributed by atoms with van der Waals surface area (Å²) in [4.78, 5) is 45.8. The number of aryl methyl sites for hydroxylation is 1. The number of carbonyl (C=O) groups excluding carboxylic acids is 3. The summed E-state index contributed by atoms with van der Waals surface area (Å²) in [5.41, 5.74) is 1.59. The number of nitrogens with zero attached hydrogens (tertiary/aromatic N) is 3. The zero-order valence-corrected chi connectivity index (χ0v) is 20.3. The van der Waals surface area contributed by atoms with Crippen molar-refractivity contribution in [3.63, 3.8) is 0 Å². The van der Waals surface area contributed by atoms with Crippen molar-refractivity contribution in [1.29, 1.82) is 0 Å². The van der Waals surface area contributed by atoms with Gasteiger partial charge >= 0.3 is 0 Å². The van der Waals surface area contributed by atoms with Crippen LogP contribution in [0.4, 0.5) is 0 Å². The van der Waals surface area contributed by atoms with Crippen molar-refractivity contribution < 1.29 is 19.1 Å². The van der Waals surface area contributed by atoms with E-state index in [9.17, 15) is 14.4 Å². The number of benzene rings is 2. The number of hydrogen-bond donors (Lipinski definition) is 0. The lowest BCUT2D eigenvalue weighted by atomic mass is 9.95. The Kier molecular flexibility index (Phi) is 6.60. The molecule has 7 nitrogen and oxygen atoms in total. The van der Waals surface area contributed by atoms with E-state index >= 15 is 0 Å². The van der Waals surface area contributed by atoms with Crippen LogP contribution in [0, 0.1) is 6.92 Å². The molecule has 1 spiro atoms. The monoisotopic (exact) mass is 475 g/mol. The third kappa shape index (κ3) is 4.57. The molecule has 1 atom stereocenters. The van der Waals surface area contributed by atoms with Gasteiger partial charge in [-0.15, -0.1) is 0 Å². The fourth-order valence-corrected chi connectivity index (χ4v) is 5.63. The largest absolute Gasteiger partial charge is 0.353 e. The van der Waals surface area contributed by atoms with E-state index < -0.39 is 11.8 Å². The van der Waals surface area contributed by atoms with Crippen LogP contribution in [-0.4, -0.2) is 77.0 Å². The van der Waals surface area contributed by atoms with Gasteiger partial charge in [0.1, 0.15) is 11.8 Å². The predicted octanol–water partition coefficient (Wildman–Crippen LogP) is 3.02. The van der Waals surface area contributed by atoms with E-state index in [1.54, 1.807) is 4.90 Å². The molecule has 3 amide bonds. The Morgan fingerprint density at radius 2 is 1.54 bits per heavy atom. The third-order valence-electron chi connectivity index (χ3n) is 7.65. The molecular weight excluding hydrogens is 442 g/mol. The van der Waals surface area contributed by atoms with Gasteiger partial charge in [-0.25, -0.2) is 0 Å². The van der Waals surface area contributed by atoms with Gasteiger partial charge in [-0.3, -0.25) is 19.3 Å². The first-order valence-corrected chi connectivity index (χ1v) is 12.6. The molecule has 0 saturated carbocycles. The molecule has 0 bridgehead atoms. The first-order chi connectivity index (χ1) is 17.0. The summed E-state index contributed by atoms with van der Waals surface area (Å²) >= 11 is 0. The Morgan fingerprint density at radius 1 is 0.886 bits per heavy atom. The van der Waals surface area contributed by atoms with Gasteiger partial charge in [0.25, 0.3) is 5.91 Å². The second-order valence-corrected chi connectivity index (χ2v) is 9.84. The van der Waals surface area contributed by atoms with Crippen molar-refractivity contribution in [2.75, 3.05) is 32.8 Å². The van der Waals surface area contributed by atoms with Crippen molar-refractivity contribution in [3.8, 4) is 0 Å². The van der Waals surface area contributed by atoms with Gasteiger partial charge in [0, 0.05) is 44.6 Å². The molecule has 0 aliphatic carbocycles. The first kappa shape index (κ1) is 23.5. The van der Waals surface area contributed by atoms with Crippen LogP contribution < -0.4 is 0 Å². The summed E-state index contributed by atoms with van der Waals surface area (Å²) < 4.78 is 6.34. The fraction of sp³-hybridized carbons (Fsp3) is 0.464. The highest BCUT2D eigenvalue weighted by Crippen LogP contribution is 2.39. The quantitative estimate of drug-likeness (QED) is 0.682. The molecular formula is C28H33N3O4. The van der Waals surface area contributed by atoms with E-state index in [1.165, 1.54) is 0 Å². The molecule has 3 aliphatic heterocycles. The van der Waals surface area contributed by atoms with Gasteiger partial charge in [0.15, 0.2) is 0 Å². The van der Waals surface area contributed by atoms with Crippen LogP contribution >= 0.6 is 0 Å². The van der Waals surface area contributed by atoms with Crippen molar-refractivity contribution in [3.05, 3.63) is 71.3 Å². The first-order valence-electron chi connectivity index (χ1n) is 12.6. The van der Waals surface area contributed by atoms with Crippen LogP contribution in [-0.2, 0) is 20.7 Å². The lowest BCUT2D eigenvalue weighted by molar-refractivity contribution is -0.144. The van der Waals surface area contributed by atoms with Crippen molar-refractivity contribution in [1.82, 2.24) is 14.7 Å². The Bertz CT molecular complexity index is 1090. The minimum absolute atomic E-state index is 0.0242. The molecule has 0 N–H and O–H groups in total. The van der Waals surface area contributed by atoms with Crippen LogP contribution in [0.2, 0.25) is 0 Å². The summed E-state index contributed by atoms with van der Waals surface area (Å²) in [6, 6.07) is 16.6. The molecule has 35 heavy (non-hydrogen) atoms. The number of piperidine rings is 1. The molecule has 3 saturated heterocycles. The molecule has 0 radical (unpaired) electrons. The SMILES string of the molecule is Cc1ccccc1C(=O)N1[C@@H](C(=O)N2CCCC2)COC12CCN(C(=O)Cc1ccccc1)CC2. The summed E-state index contributed by atoms with van der Waals surface area (Å²) in [5, 5.41) is 0. The number of hydrogen-bond acceptors (Lipinski definition) is 4. The zero-order valence-electron chi connectivity index (χ0n) is 20.3. The van der Waals surface area contributed by atoms with Crippen molar-refractivity contribution in [2.24, 2.45) is 0 Å². The molecule has 2 aromatic rings. The smallest absolute Gasteiger partial charge is 0.257 e. The van der Waals surface area contributed by atoms with Crippen LogP contribution in [0.3, 0.4) is 0 Å². The normalized spacial score (nSPS) is 21.5. The van der Waals surface area contributed by atoms with Gasteiger partial charge in [0.05, 0.1) is 13.0 Å². The zero-order chi connectivity index (χ0) is 24.4. The maximum absolute atomic E-state index is 13.9. The molecule has 7 heteroatoms. The van der Waals surface area contributed by atoms with Crippen LogP contribution in [0.5, 0.6) is 0 Å². The van der Waals surface area contributed by atoms with E-state index in [2.05, 4.69) is 0 Å². The molecule has 0 unspecified atom stereocenters. The maximum Gasteiger partial charge on any atom is 0.257 e. The highest BCUT2D eigenvalue weighted by molar-refractivity contribution is 5.99.